The van der Waals surface area contributed by atoms with Crippen LogP contribution in [0, 0.1) is 12.8 Å². The highest BCUT2D eigenvalue weighted by Gasteiger charge is 2.28. The Balaban J connectivity index is 1.98. The minimum Gasteiger partial charge on any atom is -0.383 e. The summed E-state index contributed by atoms with van der Waals surface area (Å²) in [5.74, 6) is 1.85. The van der Waals surface area contributed by atoms with Crippen LogP contribution in [0.4, 0.5) is 5.82 Å². The highest BCUT2D eigenvalue weighted by Crippen LogP contribution is 2.37. The van der Waals surface area contributed by atoms with E-state index in [9.17, 15) is 0 Å². The molecule has 108 valence electrons. The SMILES string of the molecule is COC(c1nc(N)c2cc(C)sc2n1)C1CCCCC1. The quantitative estimate of drug-likeness (QED) is 0.933. The topological polar surface area (TPSA) is 61.0 Å². The molecule has 0 radical (unpaired) electrons. The molecule has 1 atom stereocenters. The first-order valence-electron chi connectivity index (χ1n) is 7.25. The van der Waals surface area contributed by atoms with Gasteiger partial charge >= 0.3 is 0 Å². The molecule has 0 spiro atoms. The highest BCUT2D eigenvalue weighted by atomic mass is 32.1. The van der Waals surface area contributed by atoms with Crippen molar-refractivity contribution >= 4 is 27.4 Å². The fraction of sp³-hybridized carbons (Fsp3) is 0.600. The van der Waals surface area contributed by atoms with Crippen molar-refractivity contribution in [3.05, 3.63) is 16.8 Å². The van der Waals surface area contributed by atoms with Gasteiger partial charge in [0, 0.05) is 12.0 Å². The molecule has 4 nitrogen and oxygen atoms in total. The number of anilines is 1. The van der Waals surface area contributed by atoms with Crippen LogP contribution in [-0.4, -0.2) is 17.1 Å². The Hall–Kier alpha value is -1.20. The molecule has 1 saturated carbocycles. The zero-order chi connectivity index (χ0) is 14.1. The zero-order valence-electron chi connectivity index (χ0n) is 12.1. The van der Waals surface area contributed by atoms with Crippen molar-refractivity contribution < 1.29 is 4.74 Å². The Morgan fingerprint density at radius 3 is 2.75 bits per heavy atom. The van der Waals surface area contributed by atoms with Crippen molar-refractivity contribution in [3.63, 3.8) is 0 Å². The number of rotatable bonds is 3. The van der Waals surface area contributed by atoms with E-state index < -0.39 is 0 Å². The predicted molar refractivity (Wildman–Crippen MR) is 82.9 cm³/mol. The number of aromatic nitrogens is 2. The molecule has 5 heteroatoms. The van der Waals surface area contributed by atoms with Crippen LogP contribution < -0.4 is 5.73 Å². The van der Waals surface area contributed by atoms with Crippen molar-refractivity contribution in [2.24, 2.45) is 5.92 Å². The standard InChI is InChI=1S/C15H21N3OS/c1-9-8-11-13(16)17-14(18-15(11)20-9)12(19-2)10-6-4-3-5-7-10/h8,10,12H,3-7H2,1-2H3,(H2,16,17,18). The lowest BCUT2D eigenvalue weighted by atomic mass is 9.85. The predicted octanol–water partition coefficient (Wildman–Crippen LogP) is 3.85. The van der Waals surface area contributed by atoms with Gasteiger partial charge in [0.1, 0.15) is 16.8 Å². The van der Waals surface area contributed by atoms with E-state index in [1.165, 1.54) is 37.0 Å². The van der Waals surface area contributed by atoms with Crippen LogP contribution in [0.2, 0.25) is 0 Å². The number of methoxy groups -OCH3 is 1. The third kappa shape index (κ3) is 2.52. The first-order valence-corrected chi connectivity index (χ1v) is 8.07. The Morgan fingerprint density at radius 2 is 2.05 bits per heavy atom. The molecule has 1 fully saturated rings. The van der Waals surface area contributed by atoms with Gasteiger partial charge in [-0.25, -0.2) is 9.97 Å². The number of nitrogens with two attached hydrogens (primary N) is 1. The third-order valence-electron chi connectivity index (χ3n) is 4.15. The van der Waals surface area contributed by atoms with E-state index in [0.717, 1.165) is 16.0 Å². The highest BCUT2D eigenvalue weighted by molar-refractivity contribution is 7.18. The molecule has 2 aromatic heterocycles. The molecule has 0 bridgehead atoms. The van der Waals surface area contributed by atoms with E-state index in [2.05, 4.69) is 18.0 Å². The first-order chi connectivity index (χ1) is 9.69. The lowest BCUT2D eigenvalue weighted by Gasteiger charge is -2.28. The second kappa shape index (κ2) is 5.66. The van der Waals surface area contributed by atoms with Gasteiger partial charge in [0.25, 0.3) is 0 Å². The number of thiophene rings is 1. The van der Waals surface area contributed by atoms with Gasteiger partial charge in [-0.1, -0.05) is 19.3 Å². The average Bonchev–Trinajstić information content (AvgIpc) is 2.82. The van der Waals surface area contributed by atoms with Gasteiger partial charge in [0.15, 0.2) is 5.82 Å². The molecule has 2 aromatic rings. The van der Waals surface area contributed by atoms with Crippen LogP contribution >= 0.6 is 11.3 Å². The Kier molecular flexibility index (Phi) is 3.89. The third-order valence-corrected chi connectivity index (χ3v) is 5.09. The lowest BCUT2D eigenvalue weighted by molar-refractivity contribution is 0.0293. The summed E-state index contributed by atoms with van der Waals surface area (Å²) in [5, 5.41) is 0.967. The van der Waals surface area contributed by atoms with Crippen LogP contribution in [-0.2, 0) is 4.74 Å². The van der Waals surface area contributed by atoms with Gasteiger partial charge in [0.2, 0.25) is 0 Å². The summed E-state index contributed by atoms with van der Waals surface area (Å²) < 4.78 is 5.71. The number of nitrogen functional groups attached to an aromatic ring is 1. The van der Waals surface area contributed by atoms with E-state index in [1.54, 1.807) is 18.4 Å². The largest absolute Gasteiger partial charge is 0.383 e. The number of hydrogen-bond acceptors (Lipinski definition) is 5. The van der Waals surface area contributed by atoms with Gasteiger partial charge < -0.3 is 10.5 Å². The maximum atomic E-state index is 6.09. The van der Waals surface area contributed by atoms with Crippen molar-refractivity contribution in [1.29, 1.82) is 0 Å². The molecule has 0 aliphatic heterocycles. The van der Waals surface area contributed by atoms with Gasteiger partial charge in [-0.2, -0.15) is 0 Å². The minimum absolute atomic E-state index is 0.0237. The fourth-order valence-electron chi connectivity index (χ4n) is 3.15. The van der Waals surface area contributed by atoms with E-state index >= 15 is 0 Å². The van der Waals surface area contributed by atoms with E-state index in [0.29, 0.717) is 11.7 Å². The number of nitrogens with zero attached hydrogens (tertiary/aromatic N) is 2. The van der Waals surface area contributed by atoms with Crippen LogP contribution in [0.1, 0.15) is 48.9 Å². The Labute approximate surface area is 123 Å². The van der Waals surface area contributed by atoms with Crippen LogP contribution in [0.15, 0.2) is 6.07 Å². The summed E-state index contributed by atoms with van der Waals surface area (Å²) in [6.45, 7) is 2.07. The maximum absolute atomic E-state index is 6.09. The van der Waals surface area contributed by atoms with Crippen molar-refractivity contribution in [2.45, 2.75) is 45.1 Å². The lowest BCUT2D eigenvalue weighted by Crippen LogP contribution is -2.20. The summed E-state index contributed by atoms with van der Waals surface area (Å²) in [7, 11) is 1.75. The van der Waals surface area contributed by atoms with Crippen molar-refractivity contribution in [3.8, 4) is 0 Å². The molecule has 0 aromatic carbocycles. The van der Waals surface area contributed by atoms with Gasteiger partial charge in [0.05, 0.1) is 5.39 Å². The van der Waals surface area contributed by atoms with Gasteiger partial charge in [-0.05, 0) is 31.7 Å². The van der Waals surface area contributed by atoms with Crippen LogP contribution in [0.5, 0.6) is 0 Å². The van der Waals surface area contributed by atoms with Crippen molar-refractivity contribution in [1.82, 2.24) is 9.97 Å². The second-order valence-corrected chi connectivity index (χ2v) is 6.83. The van der Waals surface area contributed by atoms with E-state index in [1.807, 2.05) is 0 Å². The molecular formula is C15H21N3OS. The first kappa shape index (κ1) is 13.8. The fourth-order valence-corrected chi connectivity index (χ4v) is 4.05. The molecule has 0 saturated heterocycles. The van der Waals surface area contributed by atoms with Crippen molar-refractivity contribution in [2.75, 3.05) is 12.8 Å². The summed E-state index contributed by atoms with van der Waals surface area (Å²) in [6, 6.07) is 2.06. The van der Waals surface area contributed by atoms with Gasteiger partial charge in [-0.15, -0.1) is 11.3 Å². The summed E-state index contributed by atoms with van der Waals surface area (Å²) >= 11 is 1.67. The van der Waals surface area contributed by atoms with Crippen LogP contribution in [0.25, 0.3) is 10.2 Å². The summed E-state index contributed by atoms with van der Waals surface area (Å²) in [4.78, 5) is 11.4. The molecule has 20 heavy (non-hydrogen) atoms. The van der Waals surface area contributed by atoms with Crippen LogP contribution in [0.3, 0.4) is 0 Å². The number of hydrogen-bond donors (Lipinski definition) is 1. The second-order valence-electron chi connectivity index (χ2n) is 5.60. The molecule has 1 aliphatic carbocycles. The summed E-state index contributed by atoms with van der Waals surface area (Å²) in [5.41, 5.74) is 6.09. The monoisotopic (exact) mass is 291 g/mol. The molecular weight excluding hydrogens is 270 g/mol. The number of fused-ring (bicyclic) bond motifs is 1. The van der Waals surface area contributed by atoms with E-state index in [4.69, 9.17) is 15.5 Å². The van der Waals surface area contributed by atoms with Gasteiger partial charge in [-0.3, -0.25) is 0 Å². The normalized spacial score (nSPS) is 18.5. The molecule has 0 amide bonds. The Bertz CT molecular complexity index is 604. The van der Waals surface area contributed by atoms with E-state index in [-0.39, 0.29) is 6.10 Å². The molecule has 2 heterocycles. The maximum Gasteiger partial charge on any atom is 0.161 e. The Morgan fingerprint density at radius 1 is 1.30 bits per heavy atom. The molecule has 2 N–H and O–H groups in total. The molecule has 1 aliphatic rings. The summed E-state index contributed by atoms with van der Waals surface area (Å²) in [6.07, 6.45) is 6.26. The zero-order valence-corrected chi connectivity index (χ0v) is 12.9. The smallest absolute Gasteiger partial charge is 0.161 e. The molecule has 3 rings (SSSR count). The number of ether oxygens (including phenoxy) is 1. The number of aryl methyl sites for hydroxylation is 1. The average molecular weight is 291 g/mol. The minimum atomic E-state index is -0.0237. The molecule has 1 unspecified atom stereocenters.